The van der Waals surface area contributed by atoms with E-state index in [1.165, 1.54) is 88.7 Å². The number of hydrogen-bond acceptors (Lipinski definition) is 3. The van der Waals surface area contributed by atoms with E-state index in [2.05, 4.69) is 54.6 Å². The number of amidine groups is 1. The fraction of sp³-hybridized carbons (Fsp3) is 0.679. The lowest BCUT2D eigenvalue weighted by Crippen LogP contribution is -2.58. The zero-order valence-electron chi connectivity index (χ0n) is 20.6. The molecular weight excluding hydrogens is 392 g/mol. The zero-order chi connectivity index (χ0) is 22.5. The van der Waals surface area contributed by atoms with Crippen molar-refractivity contribution in [2.75, 3.05) is 19.6 Å². The molecule has 0 saturated carbocycles. The van der Waals surface area contributed by atoms with E-state index in [4.69, 9.17) is 4.99 Å². The SMILES string of the molecule is CCCCCCC[N+]1(CCCCCCC)CC(C2C=CN=CC2)=CN=C1C1C=CN=CC1. The molecule has 0 fully saturated rings. The molecule has 0 saturated heterocycles. The summed E-state index contributed by atoms with van der Waals surface area (Å²) >= 11 is 0. The number of rotatable bonds is 14. The van der Waals surface area contributed by atoms with Gasteiger partial charge in [-0.1, -0.05) is 64.5 Å². The molecule has 0 amide bonds. The molecule has 3 aliphatic rings. The molecule has 3 aliphatic heterocycles. The van der Waals surface area contributed by atoms with Crippen LogP contribution in [0.4, 0.5) is 0 Å². The van der Waals surface area contributed by atoms with Gasteiger partial charge in [0, 0.05) is 42.5 Å². The minimum atomic E-state index is 0.389. The van der Waals surface area contributed by atoms with Gasteiger partial charge < -0.3 is 0 Å². The van der Waals surface area contributed by atoms with Crippen LogP contribution in [0.5, 0.6) is 0 Å². The highest BCUT2D eigenvalue weighted by molar-refractivity contribution is 5.85. The van der Waals surface area contributed by atoms with Crippen molar-refractivity contribution in [1.29, 1.82) is 0 Å². The Balaban J connectivity index is 1.81. The fourth-order valence-electron chi connectivity index (χ4n) is 5.34. The molecule has 3 rings (SSSR count). The standard InChI is InChI=1S/C28H45N4/c1-3-5-7-9-11-21-32(22-12-10-8-6-4-2)24-27(25-13-17-29-18-14-25)23-31-28(32)26-15-19-30-20-16-26/h13,15,17-20,23,25-26H,3-12,14,16,21-22,24H2,1-2H3/q+1. The van der Waals surface area contributed by atoms with Crippen molar-refractivity contribution in [2.24, 2.45) is 26.8 Å². The van der Waals surface area contributed by atoms with Gasteiger partial charge in [-0.3, -0.25) is 14.5 Å². The molecule has 176 valence electrons. The van der Waals surface area contributed by atoms with Crippen molar-refractivity contribution in [2.45, 2.75) is 90.9 Å². The first-order valence-corrected chi connectivity index (χ1v) is 13.3. The van der Waals surface area contributed by atoms with Crippen LogP contribution in [-0.2, 0) is 0 Å². The third-order valence-corrected chi connectivity index (χ3v) is 7.26. The van der Waals surface area contributed by atoms with Crippen LogP contribution in [0.2, 0.25) is 0 Å². The van der Waals surface area contributed by atoms with E-state index in [-0.39, 0.29) is 0 Å². The molecule has 4 nitrogen and oxygen atoms in total. The molecule has 0 aromatic rings. The average Bonchev–Trinajstić information content (AvgIpc) is 2.85. The maximum absolute atomic E-state index is 5.23. The van der Waals surface area contributed by atoms with E-state index >= 15 is 0 Å². The second-order valence-electron chi connectivity index (χ2n) is 9.80. The fourth-order valence-corrected chi connectivity index (χ4v) is 5.34. The monoisotopic (exact) mass is 437 g/mol. The predicted molar refractivity (Wildman–Crippen MR) is 139 cm³/mol. The van der Waals surface area contributed by atoms with Gasteiger partial charge in [0.1, 0.15) is 6.54 Å². The molecule has 0 radical (unpaired) electrons. The van der Waals surface area contributed by atoms with Crippen LogP contribution < -0.4 is 0 Å². The number of nitrogens with zero attached hydrogens (tertiary/aromatic N) is 4. The quantitative estimate of drug-likeness (QED) is 0.203. The smallest absolute Gasteiger partial charge is 0.210 e. The molecule has 3 heterocycles. The highest BCUT2D eigenvalue weighted by atomic mass is 15.4. The molecule has 2 unspecified atom stereocenters. The number of aliphatic imine (C=N–C) groups is 3. The van der Waals surface area contributed by atoms with E-state index in [0.29, 0.717) is 11.8 Å². The van der Waals surface area contributed by atoms with Crippen molar-refractivity contribution in [1.82, 2.24) is 0 Å². The molecule has 2 atom stereocenters. The Kier molecular flexibility index (Phi) is 10.6. The van der Waals surface area contributed by atoms with Crippen LogP contribution in [0, 0.1) is 11.8 Å². The first-order chi connectivity index (χ1) is 15.8. The Bertz CT molecular complexity index is 727. The van der Waals surface area contributed by atoms with E-state index < -0.39 is 0 Å². The van der Waals surface area contributed by atoms with Crippen LogP contribution in [0.1, 0.15) is 90.9 Å². The van der Waals surface area contributed by atoms with Crippen LogP contribution in [-0.4, -0.2) is 42.4 Å². The molecule has 0 aromatic heterocycles. The highest BCUT2D eigenvalue weighted by Gasteiger charge is 2.41. The van der Waals surface area contributed by atoms with Crippen molar-refractivity contribution >= 4 is 18.3 Å². The highest BCUT2D eigenvalue weighted by Crippen LogP contribution is 2.32. The summed E-state index contributed by atoms with van der Waals surface area (Å²) in [6.45, 7) is 8.16. The van der Waals surface area contributed by atoms with Crippen molar-refractivity contribution < 1.29 is 4.48 Å². The van der Waals surface area contributed by atoms with Crippen LogP contribution in [0.25, 0.3) is 0 Å². The molecule has 0 spiro atoms. The summed E-state index contributed by atoms with van der Waals surface area (Å²) in [5, 5.41) is 0. The average molecular weight is 438 g/mol. The first-order valence-electron chi connectivity index (χ1n) is 13.3. The third kappa shape index (κ3) is 7.10. The Morgan fingerprint density at radius 3 is 1.84 bits per heavy atom. The Hall–Kier alpha value is -1.81. The van der Waals surface area contributed by atoms with Gasteiger partial charge in [0.25, 0.3) is 0 Å². The second-order valence-corrected chi connectivity index (χ2v) is 9.80. The summed E-state index contributed by atoms with van der Waals surface area (Å²) in [5.41, 5.74) is 1.49. The maximum Gasteiger partial charge on any atom is 0.210 e. The van der Waals surface area contributed by atoms with Gasteiger partial charge in [0.05, 0.1) is 19.0 Å². The van der Waals surface area contributed by atoms with Crippen molar-refractivity contribution in [3.8, 4) is 0 Å². The molecule has 0 bridgehead atoms. The predicted octanol–water partition coefficient (Wildman–Crippen LogP) is 7.25. The molecular formula is C28H45N4+. The van der Waals surface area contributed by atoms with E-state index in [1.54, 1.807) is 0 Å². The van der Waals surface area contributed by atoms with Gasteiger partial charge >= 0.3 is 0 Å². The molecule has 0 aliphatic carbocycles. The number of allylic oxidation sites excluding steroid dienone is 1. The van der Waals surface area contributed by atoms with Crippen LogP contribution in [0.3, 0.4) is 0 Å². The largest absolute Gasteiger partial charge is 0.274 e. The van der Waals surface area contributed by atoms with Crippen molar-refractivity contribution in [3.63, 3.8) is 0 Å². The van der Waals surface area contributed by atoms with Gasteiger partial charge in [-0.25, -0.2) is 4.99 Å². The minimum absolute atomic E-state index is 0.389. The van der Waals surface area contributed by atoms with Gasteiger partial charge in [-0.05, 0) is 38.5 Å². The Morgan fingerprint density at radius 1 is 0.750 bits per heavy atom. The lowest BCUT2D eigenvalue weighted by Gasteiger charge is -2.44. The topological polar surface area (TPSA) is 37.1 Å². The summed E-state index contributed by atoms with van der Waals surface area (Å²) in [5.74, 6) is 2.23. The minimum Gasteiger partial charge on any atom is -0.274 e. The molecule has 4 heteroatoms. The zero-order valence-corrected chi connectivity index (χ0v) is 20.6. The summed E-state index contributed by atoms with van der Waals surface area (Å²) in [6.07, 6.45) is 30.2. The maximum atomic E-state index is 5.23. The molecule has 0 aromatic carbocycles. The Morgan fingerprint density at radius 2 is 1.31 bits per heavy atom. The Labute approximate surface area is 196 Å². The summed E-state index contributed by atoms with van der Waals surface area (Å²) < 4.78 is 1.06. The third-order valence-electron chi connectivity index (χ3n) is 7.26. The van der Waals surface area contributed by atoms with Crippen LogP contribution >= 0.6 is 0 Å². The second kappa shape index (κ2) is 13.7. The van der Waals surface area contributed by atoms with Gasteiger partial charge in [0.2, 0.25) is 5.84 Å². The van der Waals surface area contributed by atoms with E-state index in [1.807, 2.05) is 12.4 Å². The number of unbranched alkanes of at least 4 members (excludes halogenated alkanes) is 8. The molecule has 0 N–H and O–H groups in total. The lowest BCUT2D eigenvalue weighted by molar-refractivity contribution is -0.841. The lowest BCUT2D eigenvalue weighted by atomic mass is 9.90. The van der Waals surface area contributed by atoms with Gasteiger partial charge in [0.15, 0.2) is 0 Å². The normalized spacial score (nSPS) is 23.9. The van der Waals surface area contributed by atoms with Crippen LogP contribution in [0.15, 0.2) is 51.3 Å². The van der Waals surface area contributed by atoms with Gasteiger partial charge in [-0.15, -0.1) is 0 Å². The summed E-state index contributed by atoms with van der Waals surface area (Å²) in [6, 6.07) is 0. The first kappa shape index (κ1) is 24.8. The number of quaternary nitrogens is 1. The van der Waals surface area contributed by atoms with Crippen molar-refractivity contribution in [3.05, 3.63) is 36.3 Å². The number of hydrogen-bond donors (Lipinski definition) is 0. The summed E-state index contributed by atoms with van der Waals surface area (Å²) in [4.78, 5) is 13.9. The molecule has 32 heavy (non-hydrogen) atoms. The van der Waals surface area contributed by atoms with E-state index in [9.17, 15) is 0 Å². The van der Waals surface area contributed by atoms with Gasteiger partial charge in [-0.2, -0.15) is 0 Å². The van der Waals surface area contributed by atoms with E-state index in [0.717, 1.165) is 23.9 Å². The summed E-state index contributed by atoms with van der Waals surface area (Å²) in [7, 11) is 0.